The molecule has 6 heteroatoms. The molecule has 9 rings (SSSR count). The van der Waals surface area contributed by atoms with E-state index in [0.717, 1.165) is 50.3 Å². The summed E-state index contributed by atoms with van der Waals surface area (Å²) in [6.07, 6.45) is 7.82. The van der Waals surface area contributed by atoms with E-state index in [1.165, 1.54) is 22.3 Å². The molecule has 3 heterocycles. The zero-order valence-electron chi connectivity index (χ0n) is 38.5. The Morgan fingerprint density at radius 2 is 1.17 bits per heavy atom. The van der Waals surface area contributed by atoms with Crippen LogP contribution in [-0.2, 0) is 42.7 Å². The van der Waals surface area contributed by atoms with Crippen molar-refractivity contribution in [3.8, 4) is 28.7 Å². The van der Waals surface area contributed by atoms with E-state index in [1.807, 2.05) is 22.9 Å². The maximum Gasteiger partial charge on any atom is 0.267 e. The van der Waals surface area contributed by atoms with E-state index in [-0.39, 0.29) is 37.3 Å². The Labute approximate surface area is 393 Å². The van der Waals surface area contributed by atoms with Gasteiger partial charge in [-0.2, -0.15) is 12.1 Å². The number of aromatic nitrogens is 4. The van der Waals surface area contributed by atoms with Gasteiger partial charge >= 0.3 is 0 Å². The molecule has 0 aliphatic rings. The number of hydrogen-bond acceptors (Lipinski definition) is 2. The Hall–Kier alpha value is -6.03. The van der Waals surface area contributed by atoms with Crippen molar-refractivity contribution in [2.75, 3.05) is 0 Å². The smallest absolute Gasteiger partial charge is 0.267 e. The normalized spacial score (nSPS) is 12.4. The molecule has 0 radical (unpaired) electrons. The zero-order chi connectivity index (χ0) is 44.3. The van der Waals surface area contributed by atoms with Gasteiger partial charge in [-0.05, 0) is 79.9 Å². The average Bonchev–Trinajstić information content (AvgIpc) is 3.88. The average molecular weight is 1020 g/mol. The van der Waals surface area contributed by atoms with E-state index in [1.54, 1.807) is 0 Å². The Bertz CT molecular complexity index is 3110. The van der Waals surface area contributed by atoms with Crippen LogP contribution in [0.25, 0.3) is 39.0 Å². The number of para-hydroxylation sites is 1. The minimum atomic E-state index is -0.395. The molecule has 64 heavy (non-hydrogen) atoms. The monoisotopic (exact) mass is 1020 g/mol. The number of pyridine rings is 1. The topological polar surface area (TPSA) is 35.9 Å². The first-order chi connectivity index (χ1) is 30.0. The van der Waals surface area contributed by atoms with Gasteiger partial charge in [0.25, 0.3) is 6.33 Å². The molecule has 0 bridgehead atoms. The molecular weight excluding hydrogens is 964 g/mol. The summed E-state index contributed by atoms with van der Waals surface area (Å²) in [5, 5.41) is 2.27. The van der Waals surface area contributed by atoms with Gasteiger partial charge in [-0.25, -0.2) is 4.98 Å². The van der Waals surface area contributed by atoms with Gasteiger partial charge in [0.05, 0.1) is 11.4 Å². The van der Waals surface area contributed by atoms with Crippen molar-refractivity contribution in [2.24, 2.45) is 0 Å². The van der Waals surface area contributed by atoms with E-state index < -0.39 is 5.41 Å². The summed E-state index contributed by atoms with van der Waals surface area (Å²) in [5.41, 5.74) is 10.2. The second kappa shape index (κ2) is 16.8. The van der Waals surface area contributed by atoms with Gasteiger partial charge < -0.3 is 13.9 Å². The Balaban J connectivity index is 0.00000560. The molecule has 0 saturated heterocycles. The molecule has 0 N–H and O–H groups in total. The molecule has 326 valence electrons. The fraction of sp³-hybridized carbons (Fsp3) is 0.241. The van der Waals surface area contributed by atoms with Crippen LogP contribution in [0, 0.1) is 18.5 Å². The fourth-order valence-electron chi connectivity index (χ4n) is 8.79. The summed E-state index contributed by atoms with van der Waals surface area (Å²) >= 11 is 0. The molecule has 0 atom stereocenters. The first kappa shape index (κ1) is 44.6. The number of fused-ring (bicyclic) bond motifs is 3. The first-order valence-electron chi connectivity index (χ1n) is 22.0. The largest absolute Gasteiger partial charge is 0.510 e. The van der Waals surface area contributed by atoms with Crippen LogP contribution < -0.4 is 9.30 Å². The molecule has 0 spiro atoms. The predicted octanol–water partition coefficient (Wildman–Crippen LogP) is 13.7. The van der Waals surface area contributed by atoms with Crippen LogP contribution in [-0.4, -0.2) is 14.1 Å². The SMILES string of the molecule is CC(C)(C)c1cccc(-[n+]2[c-]n(-c3[c-]c(Oc4[c-]c5c(c(C(C)(C)c6ccccc6)c4)c4ccccc4n5-c4cc(C(C)(C)C)ccn4)ccc3)cc2C(C)(C)c2ccccc2)c1.[Pt]. The summed E-state index contributed by atoms with van der Waals surface area (Å²) in [4.78, 5) is 4.98. The van der Waals surface area contributed by atoms with Crippen molar-refractivity contribution in [2.45, 2.75) is 90.9 Å². The van der Waals surface area contributed by atoms with Crippen LogP contribution in [0.1, 0.15) is 103 Å². The molecule has 3 aromatic heterocycles. The molecule has 0 amide bonds. The van der Waals surface area contributed by atoms with E-state index in [4.69, 9.17) is 9.72 Å². The summed E-state index contributed by atoms with van der Waals surface area (Å²) in [6.45, 7) is 22.6. The molecule has 9 aromatic rings. The van der Waals surface area contributed by atoms with Crippen molar-refractivity contribution in [1.29, 1.82) is 0 Å². The standard InChI is InChI=1S/C58H56N4O.Pt/c1-55(2,3)42-25-19-27-45(33-42)61-39-60(38-52(61)58(9,10)41-23-15-12-16-24-41)44-26-20-28-46(35-44)63-47-36-49(57(7,8)40-21-13-11-14-22-40)54-48-29-17-18-30-50(48)62(51(54)37-47)53-34-43(31-32-59-53)56(4,5)6;/h11-34,36,38H,1-10H3;/q-2;. The molecule has 6 aromatic carbocycles. The summed E-state index contributed by atoms with van der Waals surface area (Å²) in [6, 6.07) is 58.7. The molecule has 0 fully saturated rings. The van der Waals surface area contributed by atoms with Crippen LogP contribution in [0.5, 0.6) is 11.5 Å². The molecule has 0 aliphatic heterocycles. The van der Waals surface area contributed by atoms with Gasteiger partial charge in [-0.3, -0.25) is 4.57 Å². The number of benzene rings is 6. The van der Waals surface area contributed by atoms with E-state index in [0.29, 0.717) is 11.5 Å². The molecule has 0 unspecified atom stereocenters. The molecule has 0 saturated carbocycles. The van der Waals surface area contributed by atoms with Crippen molar-refractivity contribution >= 4 is 21.8 Å². The van der Waals surface area contributed by atoms with Crippen molar-refractivity contribution < 1.29 is 30.4 Å². The van der Waals surface area contributed by atoms with E-state index >= 15 is 0 Å². The number of rotatable bonds is 9. The number of imidazole rings is 1. The third kappa shape index (κ3) is 8.27. The Kier molecular flexibility index (Phi) is 11.7. The Morgan fingerprint density at radius 1 is 0.562 bits per heavy atom. The third-order valence-corrected chi connectivity index (χ3v) is 12.7. The zero-order valence-corrected chi connectivity index (χ0v) is 40.8. The molecule has 5 nitrogen and oxygen atoms in total. The third-order valence-electron chi connectivity index (χ3n) is 12.7. The first-order valence-corrected chi connectivity index (χ1v) is 22.0. The maximum atomic E-state index is 6.92. The van der Waals surface area contributed by atoms with Crippen LogP contribution in [0.3, 0.4) is 0 Å². The van der Waals surface area contributed by atoms with E-state index in [9.17, 15) is 0 Å². The second-order valence-corrected chi connectivity index (χ2v) is 19.9. The van der Waals surface area contributed by atoms with Gasteiger partial charge in [-0.15, -0.1) is 29.8 Å². The van der Waals surface area contributed by atoms with Gasteiger partial charge in [0.15, 0.2) is 0 Å². The minimum Gasteiger partial charge on any atom is -0.510 e. The van der Waals surface area contributed by atoms with Gasteiger partial charge in [0.2, 0.25) is 0 Å². The second-order valence-electron chi connectivity index (χ2n) is 19.9. The fourth-order valence-corrected chi connectivity index (χ4v) is 8.79. The van der Waals surface area contributed by atoms with Crippen LogP contribution in [0.15, 0.2) is 158 Å². The summed E-state index contributed by atoms with van der Waals surface area (Å²) in [5.74, 6) is 2.02. The Morgan fingerprint density at radius 3 is 1.86 bits per heavy atom. The van der Waals surface area contributed by atoms with Gasteiger partial charge in [-0.1, -0.05) is 171 Å². The van der Waals surface area contributed by atoms with Crippen LogP contribution in [0.2, 0.25) is 0 Å². The van der Waals surface area contributed by atoms with Gasteiger partial charge in [0.1, 0.15) is 5.82 Å². The van der Waals surface area contributed by atoms with Crippen molar-refractivity contribution in [3.63, 3.8) is 0 Å². The molecular formula is C58H56N4OPt-2. The number of nitrogens with zero attached hydrogens (tertiary/aromatic N) is 4. The summed E-state index contributed by atoms with van der Waals surface area (Å²) in [7, 11) is 0. The van der Waals surface area contributed by atoms with Gasteiger partial charge in [0, 0.05) is 55.9 Å². The van der Waals surface area contributed by atoms with Crippen molar-refractivity contribution in [1.82, 2.24) is 14.1 Å². The van der Waals surface area contributed by atoms with Crippen LogP contribution in [0.4, 0.5) is 0 Å². The minimum absolute atomic E-state index is 0. The predicted molar refractivity (Wildman–Crippen MR) is 257 cm³/mol. The maximum absolute atomic E-state index is 6.92. The van der Waals surface area contributed by atoms with E-state index in [2.05, 4.69) is 236 Å². The summed E-state index contributed by atoms with van der Waals surface area (Å²) < 4.78 is 13.4. The quantitative estimate of drug-likeness (QED) is 0.107. The number of hydrogen-bond donors (Lipinski definition) is 0. The number of ether oxygens (including phenoxy) is 1. The van der Waals surface area contributed by atoms with Crippen LogP contribution >= 0.6 is 0 Å². The van der Waals surface area contributed by atoms with Crippen molar-refractivity contribution in [3.05, 3.63) is 210 Å². The molecule has 0 aliphatic carbocycles.